The fraction of sp³-hybridized carbons (Fsp3) is 0.692. The number of quaternary nitrogens is 1. The van der Waals surface area contributed by atoms with Crippen LogP contribution < -0.4 is 0 Å². The number of rotatable bonds is 38. The van der Waals surface area contributed by atoms with Gasteiger partial charge in [0, 0.05) is 11.1 Å². The van der Waals surface area contributed by atoms with Crippen LogP contribution in [0.5, 0.6) is 0 Å². The standard InChI is InChI=1S/C52H88N/c1-3-5-7-9-11-13-15-17-19-21-23-25-27-29-31-33-41-47-53(49-51-43-37-35-38-44-51,50-52-45-39-36-40-46-52)48-42-34-32-30-28-26-24-22-20-18-16-14-12-10-8-6-4-2/h19-22,35-40,43-46H,3-18,23-34,41-42,47-50H2,1-2H3/q+1/b21-19+,22-20+. The highest BCUT2D eigenvalue weighted by Gasteiger charge is 2.27. The number of unbranched alkanes of at least 4 members (excludes halogenated alkanes) is 26. The Morgan fingerprint density at radius 1 is 0.321 bits per heavy atom. The maximum absolute atomic E-state index is 2.47. The van der Waals surface area contributed by atoms with Crippen LogP contribution in [0.15, 0.2) is 85.0 Å². The van der Waals surface area contributed by atoms with Crippen LogP contribution in [-0.2, 0) is 13.1 Å². The lowest BCUT2D eigenvalue weighted by molar-refractivity contribution is -0.954. The Morgan fingerprint density at radius 3 is 0.887 bits per heavy atom. The van der Waals surface area contributed by atoms with E-state index in [0.717, 1.165) is 13.1 Å². The van der Waals surface area contributed by atoms with E-state index in [2.05, 4.69) is 98.8 Å². The Morgan fingerprint density at radius 2 is 0.585 bits per heavy atom. The van der Waals surface area contributed by atoms with Gasteiger partial charge in [0.25, 0.3) is 0 Å². The first-order valence-corrected chi connectivity index (χ1v) is 23.5. The van der Waals surface area contributed by atoms with Crippen LogP contribution in [0.3, 0.4) is 0 Å². The van der Waals surface area contributed by atoms with Gasteiger partial charge in [-0.05, 0) is 77.0 Å². The summed E-state index contributed by atoms with van der Waals surface area (Å²) < 4.78 is 1.21. The lowest BCUT2D eigenvalue weighted by atomic mass is 10.0. The molecule has 2 rings (SSSR count). The highest BCUT2D eigenvalue weighted by atomic mass is 15.3. The largest absolute Gasteiger partial charge is 0.316 e. The van der Waals surface area contributed by atoms with Gasteiger partial charge in [0.15, 0.2) is 0 Å². The monoisotopic (exact) mass is 727 g/mol. The van der Waals surface area contributed by atoms with Crippen LogP contribution in [0.2, 0.25) is 0 Å². The average Bonchev–Trinajstić information content (AvgIpc) is 3.18. The Balaban J connectivity index is 1.69. The maximum atomic E-state index is 2.47. The van der Waals surface area contributed by atoms with E-state index in [1.807, 2.05) is 0 Å². The van der Waals surface area contributed by atoms with Crippen molar-refractivity contribution in [2.45, 2.75) is 220 Å². The van der Waals surface area contributed by atoms with Crippen LogP contribution in [0.4, 0.5) is 0 Å². The molecule has 0 aliphatic heterocycles. The second-order valence-electron chi connectivity index (χ2n) is 16.7. The minimum atomic E-state index is 1.16. The van der Waals surface area contributed by atoms with E-state index in [4.69, 9.17) is 0 Å². The van der Waals surface area contributed by atoms with Gasteiger partial charge in [-0.2, -0.15) is 0 Å². The van der Waals surface area contributed by atoms with Gasteiger partial charge in [0.05, 0.1) is 13.1 Å². The van der Waals surface area contributed by atoms with Crippen molar-refractivity contribution in [3.63, 3.8) is 0 Å². The van der Waals surface area contributed by atoms with Crippen LogP contribution in [-0.4, -0.2) is 17.6 Å². The molecule has 0 atom stereocenters. The van der Waals surface area contributed by atoms with Gasteiger partial charge < -0.3 is 4.48 Å². The molecule has 0 fully saturated rings. The fourth-order valence-electron chi connectivity index (χ4n) is 8.17. The van der Waals surface area contributed by atoms with E-state index < -0.39 is 0 Å². The summed E-state index contributed by atoms with van der Waals surface area (Å²) in [5.41, 5.74) is 3.01. The second-order valence-corrected chi connectivity index (χ2v) is 16.7. The molecule has 0 bridgehead atoms. The van der Waals surface area contributed by atoms with Crippen molar-refractivity contribution in [1.29, 1.82) is 0 Å². The molecule has 0 N–H and O–H groups in total. The molecule has 0 aromatic heterocycles. The number of benzene rings is 2. The highest BCUT2D eigenvalue weighted by Crippen LogP contribution is 2.24. The van der Waals surface area contributed by atoms with Crippen molar-refractivity contribution >= 4 is 0 Å². The van der Waals surface area contributed by atoms with Crippen LogP contribution in [0, 0.1) is 0 Å². The molecule has 0 spiro atoms. The number of hydrogen-bond donors (Lipinski definition) is 0. The Hall–Kier alpha value is -2.12. The van der Waals surface area contributed by atoms with Crippen molar-refractivity contribution in [1.82, 2.24) is 0 Å². The molecular weight excluding hydrogens is 639 g/mol. The smallest absolute Gasteiger partial charge is 0.105 e. The van der Waals surface area contributed by atoms with Crippen molar-refractivity contribution in [2.75, 3.05) is 13.1 Å². The molecule has 0 aliphatic carbocycles. The summed E-state index contributed by atoms with van der Waals surface area (Å²) in [6.07, 6.45) is 51.3. The third-order valence-electron chi connectivity index (χ3n) is 11.5. The van der Waals surface area contributed by atoms with Crippen LogP contribution >= 0.6 is 0 Å². The fourth-order valence-corrected chi connectivity index (χ4v) is 8.17. The predicted octanol–water partition coefficient (Wildman–Crippen LogP) is 17.1. The van der Waals surface area contributed by atoms with Gasteiger partial charge >= 0.3 is 0 Å². The van der Waals surface area contributed by atoms with Gasteiger partial charge in [-0.3, -0.25) is 0 Å². The lowest BCUT2D eigenvalue weighted by Crippen LogP contribution is -2.48. The molecule has 53 heavy (non-hydrogen) atoms. The third-order valence-corrected chi connectivity index (χ3v) is 11.5. The number of allylic oxidation sites excluding steroid dienone is 4. The van der Waals surface area contributed by atoms with Gasteiger partial charge in [0.1, 0.15) is 13.1 Å². The van der Waals surface area contributed by atoms with E-state index >= 15 is 0 Å². The Kier molecular flexibility index (Phi) is 31.6. The molecular formula is C52H88N+. The number of nitrogens with zero attached hydrogens (tertiary/aromatic N) is 1. The van der Waals surface area contributed by atoms with Gasteiger partial charge in [0.2, 0.25) is 0 Å². The zero-order valence-corrected chi connectivity index (χ0v) is 35.6. The topological polar surface area (TPSA) is 0 Å². The zero-order chi connectivity index (χ0) is 37.6. The summed E-state index contributed by atoms with van der Waals surface area (Å²) in [5, 5.41) is 0. The van der Waals surface area contributed by atoms with Crippen molar-refractivity contribution in [3.8, 4) is 0 Å². The molecule has 0 radical (unpaired) electrons. The molecule has 300 valence electrons. The Labute approximate surface area is 332 Å². The first kappa shape index (κ1) is 47.0. The Bertz CT molecular complexity index is 981. The lowest BCUT2D eigenvalue weighted by Gasteiger charge is -2.39. The number of hydrogen-bond acceptors (Lipinski definition) is 0. The van der Waals surface area contributed by atoms with Gasteiger partial charge in [-0.25, -0.2) is 0 Å². The molecule has 1 heteroatoms. The van der Waals surface area contributed by atoms with E-state index in [9.17, 15) is 0 Å². The molecule has 0 heterocycles. The molecule has 0 saturated carbocycles. The maximum Gasteiger partial charge on any atom is 0.105 e. The predicted molar refractivity (Wildman–Crippen MR) is 238 cm³/mol. The van der Waals surface area contributed by atoms with E-state index in [1.165, 1.54) is 221 Å². The minimum absolute atomic E-state index is 1.16. The summed E-state index contributed by atoms with van der Waals surface area (Å²) in [6, 6.07) is 22.8. The molecule has 0 amide bonds. The van der Waals surface area contributed by atoms with E-state index in [0.29, 0.717) is 0 Å². The first-order valence-electron chi connectivity index (χ1n) is 23.5. The quantitative estimate of drug-likeness (QED) is 0.0367. The van der Waals surface area contributed by atoms with E-state index in [1.54, 1.807) is 0 Å². The minimum Gasteiger partial charge on any atom is -0.316 e. The summed E-state index contributed by atoms with van der Waals surface area (Å²) in [5.74, 6) is 0. The second kappa shape index (κ2) is 35.6. The molecule has 0 aliphatic rings. The van der Waals surface area contributed by atoms with Gasteiger partial charge in [-0.1, -0.05) is 214 Å². The summed E-state index contributed by atoms with van der Waals surface area (Å²) in [4.78, 5) is 0. The molecule has 0 saturated heterocycles. The van der Waals surface area contributed by atoms with E-state index in [-0.39, 0.29) is 0 Å². The summed E-state index contributed by atoms with van der Waals surface area (Å²) in [6.45, 7) is 9.53. The normalized spacial score (nSPS) is 12.1. The summed E-state index contributed by atoms with van der Waals surface area (Å²) in [7, 11) is 0. The molecule has 0 unspecified atom stereocenters. The zero-order valence-electron chi connectivity index (χ0n) is 35.6. The SMILES string of the molecule is CCCCCCCCC/C=C/CCCCCCCC[N+](CCCCCCCC/C=C/CCCCCCCCC)(Cc1ccccc1)Cc1ccccc1. The van der Waals surface area contributed by atoms with Crippen LogP contribution in [0.1, 0.15) is 218 Å². The van der Waals surface area contributed by atoms with Crippen molar-refractivity contribution in [3.05, 3.63) is 96.1 Å². The summed E-state index contributed by atoms with van der Waals surface area (Å²) >= 11 is 0. The average molecular weight is 727 g/mol. The van der Waals surface area contributed by atoms with Crippen molar-refractivity contribution in [2.24, 2.45) is 0 Å². The first-order chi connectivity index (χ1) is 26.3. The van der Waals surface area contributed by atoms with Crippen LogP contribution in [0.25, 0.3) is 0 Å². The third kappa shape index (κ3) is 28.0. The molecule has 2 aromatic carbocycles. The molecule has 2 aromatic rings. The highest BCUT2D eigenvalue weighted by molar-refractivity contribution is 5.15. The molecule has 1 nitrogen and oxygen atoms in total. The van der Waals surface area contributed by atoms with Crippen molar-refractivity contribution < 1.29 is 4.48 Å². The van der Waals surface area contributed by atoms with Gasteiger partial charge in [-0.15, -0.1) is 0 Å².